The van der Waals surface area contributed by atoms with Crippen molar-refractivity contribution in [3.05, 3.63) is 133 Å². The molecule has 12 heteroatoms. The second kappa shape index (κ2) is 13.7. The van der Waals surface area contributed by atoms with Gasteiger partial charge in [-0.1, -0.05) is 81.6 Å². The molecular weight excluding hydrogens is 749 g/mol. The maximum absolute atomic E-state index is 13.8. The molecular formula is C37H30BrCl2N3O5S. The summed E-state index contributed by atoms with van der Waals surface area (Å²) in [6.45, 7) is -0.288. The van der Waals surface area contributed by atoms with Gasteiger partial charge < -0.3 is 4.74 Å². The van der Waals surface area contributed by atoms with Crippen LogP contribution in [0.15, 0.2) is 111 Å². The molecule has 0 N–H and O–H groups in total. The molecule has 7 rings (SSSR count). The predicted molar refractivity (Wildman–Crippen MR) is 194 cm³/mol. The van der Waals surface area contributed by atoms with Crippen molar-refractivity contribution in [3.63, 3.8) is 0 Å². The quantitative estimate of drug-likeness (QED) is 0.176. The standard InChI is InChI=1S/C37H30BrCl2N3O5S/c38-28-19-27(20-31(21-28)49(46,47)42-17-16-24-4-1-2-7-33(24)42)37(45)48-22-34(44)43-36(25-10-14-30(40)15-11-25)32-6-3-5-26(35(32)41-43)18-23-8-12-29(39)13-9-23/h1-2,4,7-15,18-21,32,36H,3,5-6,16-17,22H2/b26-18-. The van der Waals surface area contributed by atoms with E-state index in [0.717, 1.165) is 47.2 Å². The molecule has 4 aromatic rings. The van der Waals surface area contributed by atoms with Crippen molar-refractivity contribution in [2.24, 2.45) is 11.0 Å². The maximum Gasteiger partial charge on any atom is 0.338 e. The highest BCUT2D eigenvalue weighted by atomic mass is 79.9. The van der Waals surface area contributed by atoms with Gasteiger partial charge >= 0.3 is 5.97 Å². The van der Waals surface area contributed by atoms with E-state index < -0.39 is 34.5 Å². The Balaban J connectivity index is 1.13. The van der Waals surface area contributed by atoms with Crippen molar-refractivity contribution in [1.82, 2.24) is 5.01 Å². The monoisotopic (exact) mass is 777 g/mol. The molecule has 0 spiro atoms. The van der Waals surface area contributed by atoms with Crippen LogP contribution in [0.3, 0.4) is 0 Å². The molecule has 1 amide bonds. The molecule has 3 aliphatic rings. The Morgan fingerprint density at radius 1 is 0.939 bits per heavy atom. The highest BCUT2D eigenvalue weighted by Crippen LogP contribution is 2.44. The highest BCUT2D eigenvalue weighted by molar-refractivity contribution is 9.10. The maximum atomic E-state index is 13.8. The van der Waals surface area contributed by atoms with Gasteiger partial charge in [-0.2, -0.15) is 5.10 Å². The summed E-state index contributed by atoms with van der Waals surface area (Å²) in [5.41, 5.74) is 5.26. The number of allylic oxidation sites excluding steroid dienone is 1. The molecule has 2 heterocycles. The van der Waals surface area contributed by atoms with Crippen LogP contribution in [0.1, 0.15) is 52.4 Å². The number of rotatable bonds is 7. The smallest absolute Gasteiger partial charge is 0.338 e. The van der Waals surface area contributed by atoms with E-state index in [-0.39, 0.29) is 16.4 Å². The number of hydrogen-bond donors (Lipinski definition) is 0. The van der Waals surface area contributed by atoms with E-state index in [1.165, 1.54) is 27.5 Å². The number of hydrazone groups is 1. The van der Waals surface area contributed by atoms with Crippen molar-refractivity contribution in [1.29, 1.82) is 0 Å². The lowest BCUT2D eigenvalue weighted by molar-refractivity contribution is -0.137. The van der Waals surface area contributed by atoms with Crippen LogP contribution in [0.4, 0.5) is 5.69 Å². The zero-order valence-corrected chi connectivity index (χ0v) is 30.0. The number of nitrogens with zero attached hydrogens (tertiary/aromatic N) is 3. The van der Waals surface area contributed by atoms with Crippen molar-refractivity contribution in [3.8, 4) is 0 Å². The fourth-order valence-electron chi connectivity index (χ4n) is 6.75. The van der Waals surface area contributed by atoms with E-state index in [9.17, 15) is 18.0 Å². The van der Waals surface area contributed by atoms with Crippen LogP contribution in [-0.4, -0.2) is 44.2 Å². The third-order valence-electron chi connectivity index (χ3n) is 9.05. The lowest BCUT2D eigenvalue weighted by Gasteiger charge is -2.29. The summed E-state index contributed by atoms with van der Waals surface area (Å²) in [6.07, 6.45) is 5.22. The normalized spacial score (nSPS) is 19.4. The fraction of sp³-hybridized carbons (Fsp3) is 0.216. The lowest BCUT2D eigenvalue weighted by atomic mass is 9.77. The van der Waals surface area contributed by atoms with Gasteiger partial charge in [0, 0.05) is 27.0 Å². The first-order valence-corrected chi connectivity index (χ1v) is 18.8. The molecule has 2 aliphatic heterocycles. The number of ether oxygens (including phenoxy) is 1. The van der Waals surface area contributed by atoms with Gasteiger partial charge in [-0.3, -0.25) is 9.10 Å². The van der Waals surface area contributed by atoms with Crippen molar-refractivity contribution >= 4 is 78.5 Å². The number of amides is 1. The van der Waals surface area contributed by atoms with Crippen LogP contribution >= 0.6 is 39.1 Å². The van der Waals surface area contributed by atoms with E-state index >= 15 is 0 Å². The Kier molecular flexibility index (Phi) is 9.41. The van der Waals surface area contributed by atoms with Gasteiger partial charge in [0.05, 0.1) is 27.9 Å². The van der Waals surface area contributed by atoms with Crippen molar-refractivity contribution < 1.29 is 22.7 Å². The summed E-state index contributed by atoms with van der Waals surface area (Å²) in [6, 6.07) is 26.0. The van der Waals surface area contributed by atoms with Crippen LogP contribution in [0, 0.1) is 5.92 Å². The van der Waals surface area contributed by atoms with E-state index in [4.69, 9.17) is 33.0 Å². The second-order valence-corrected chi connectivity index (χ2v) is 15.8. The number of hydrogen-bond acceptors (Lipinski definition) is 6. The number of para-hydroxylation sites is 1. The number of carbonyl (C=O) groups is 2. The molecule has 2 atom stereocenters. The Bertz CT molecular complexity index is 2120. The predicted octanol–water partition coefficient (Wildman–Crippen LogP) is 8.49. The Hall–Kier alpha value is -3.96. The summed E-state index contributed by atoms with van der Waals surface area (Å²) in [7, 11) is -3.98. The van der Waals surface area contributed by atoms with Crippen molar-refractivity contribution in [2.75, 3.05) is 17.5 Å². The molecule has 0 aromatic heterocycles. The molecule has 4 aromatic carbocycles. The van der Waals surface area contributed by atoms with E-state index in [1.807, 2.05) is 48.5 Å². The third kappa shape index (κ3) is 6.79. The first kappa shape index (κ1) is 33.5. The first-order valence-electron chi connectivity index (χ1n) is 15.8. The van der Waals surface area contributed by atoms with Crippen LogP contribution in [0.2, 0.25) is 10.0 Å². The van der Waals surface area contributed by atoms with Crippen molar-refractivity contribution in [2.45, 2.75) is 36.6 Å². The SMILES string of the molecule is O=C(OCC(=O)N1N=C2/C(=C\c3ccc(Cl)cc3)CCCC2C1c1ccc(Cl)cc1)c1cc(Br)cc(S(=O)(=O)N2CCc3ccccc32)c1. The molecule has 0 radical (unpaired) electrons. The molecule has 250 valence electrons. The minimum atomic E-state index is -3.98. The first-order chi connectivity index (χ1) is 23.6. The fourth-order valence-corrected chi connectivity index (χ4v) is 9.22. The molecule has 1 saturated carbocycles. The molecule has 1 fully saturated rings. The largest absolute Gasteiger partial charge is 0.452 e. The number of carbonyl (C=O) groups excluding carboxylic acids is 2. The van der Waals surface area contributed by atoms with E-state index in [1.54, 1.807) is 24.3 Å². The van der Waals surface area contributed by atoms with Gasteiger partial charge in [0.2, 0.25) is 0 Å². The topological polar surface area (TPSA) is 96.4 Å². The number of benzene rings is 4. The third-order valence-corrected chi connectivity index (χ3v) is 11.8. The van der Waals surface area contributed by atoms with Gasteiger partial charge in [-0.25, -0.2) is 18.2 Å². The van der Waals surface area contributed by atoms with Crippen LogP contribution in [-0.2, 0) is 26.0 Å². The highest BCUT2D eigenvalue weighted by Gasteiger charge is 2.44. The number of anilines is 1. The molecule has 0 saturated heterocycles. The summed E-state index contributed by atoms with van der Waals surface area (Å²) in [5.74, 6) is -1.40. The van der Waals surface area contributed by atoms with E-state index in [2.05, 4.69) is 22.0 Å². The molecule has 0 bridgehead atoms. The van der Waals surface area contributed by atoms with Gasteiger partial charge in [0.15, 0.2) is 6.61 Å². The molecule has 49 heavy (non-hydrogen) atoms. The van der Waals surface area contributed by atoms with Gasteiger partial charge in [0.1, 0.15) is 0 Å². The minimum absolute atomic E-state index is 0.00271. The summed E-state index contributed by atoms with van der Waals surface area (Å²) in [4.78, 5) is 27.1. The molecule has 2 unspecified atom stereocenters. The molecule has 8 nitrogen and oxygen atoms in total. The molecule has 1 aliphatic carbocycles. The number of halogens is 3. The van der Waals surface area contributed by atoms with Crippen LogP contribution < -0.4 is 4.31 Å². The minimum Gasteiger partial charge on any atom is -0.452 e. The zero-order chi connectivity index (χ0) is 34.3. The summed E-state index contributed by atoms with van der Waals surface area (Å²) < 4.78 is 34.6. The van der Waals surface area contributed by atoms with Gasteiger partial charge in [-0.05, 0) is 103 Å². The van der Waals surface area contributed by atoms with Crippen LogP contribution in [0.5, 0.6) is 0 Å². The number of fused-ring (bicyclic) bond motifs is 2. The second-order valence-electron chi connectivity index (χ2n) is 12.1. The Morgan fingerprint density at radius 3 is 2.41 bits per heavy atom. The average molecular weight is 780 g/mol. The summed E-state index contributed by atoms with van der Waals surface area (Å²) in [5, 5.41) is 7.49. The lowest BCUT2D eigenvalue weighted by Crippen LogP contribution is -2.34. The Labute approximate surface area is 303 Å². The average Bonchev–Trinajstić information content (AvgIpc) is 3.72. The number of esters is 1. The zero-order valence-electron chi connectivity index (χ0n) is 26.1. The van der Waals surface area contributed by atoms with E-state index in [0.29, 0.717) is 33.2 Å². The number of sulfonamides is 1. The Morgan fingerprint density at radius 2 is 1.65 bits per heavy atom. The van der Waals surface area contributed by atoms with Gasteiger partial charge in [-0.15, -0.1) is 0 Å². The van der Waals surface area contributed by atoms with Gasteiger partial charge in [0.25, 0.3) is 15.9 Å². The summed E-state index contributed by atoms with van der Waals surface area (Å²) >= 11 is 15.7. The van der Waals surface area contributed by atoms with Crippen LogP contribution in [0.25, 0.3) is 6.08 Å².